The highest BCUT2D eigenvalue weighted by molar-refractivity contribution is 5.99. The maximum absolute atomic E-state index is 12.3. The summed E-state index contributed by atoms with van der Waals surface area (Å²) in [5, 5.41) is 0. The van der Waals surface area contributed by atoms with E-state index in [2.05, 4.69) is 23.4 Å². The van der Waals surface area contributed by atoms with E-state index in [-0.39, 0.29) is 11.2 Å². The van der Waals surface area contributed by atoms with Crippen molar-refractivity contribution in [3.05, 3.63) is 47.4 Å². The summed E-state index contributed by atoms with van der Waals surface area (Å²) in [5.41, 5.74) is 3.09. The lowest BCUT2D eigenvalue weighted by molar-refractivity contribution is 0.0911. The Bertz CT molecular complexity index is 638. The third-order valence-electron chi connectivity index (χ3n) is 3.75. The zero-order valence-electron chi connectivity index (χ0n) is 11.6. The van der Waals surface area contributed by atoms with Gasteiger partial charge in [0.05, 0.1) is 0 Å². The fourth-order valence-electron chi connectivity index (χ4n) is 2.96. The molecule has 0 radical (unpaired) electrons. The van der Waals surface area contributed by atoms with Gasteiger partial charge in [0.25, 0.3) is 0 Å². The first kappa shape index (κ1) is 12.2. The van der Waals surface area contributed by atoms with Crippen LogP contribution in [0.25, 0.3) is 5.82 Å². The number of hydrogen-bond donors (Lipinski definition) is 0. The van der Waals surface area contributed by atoms with E-state index in [9.17, 15) is 4.79 Å². The van der Waals surface area contributed by atoms with Crippen molar-refractivity contribution in [3.8, 4) is 5.82 Å². The number of Topliss-reactive ketones (excluding diaryl/α,β-unsaturated/α-hetero) is 1. The quantitative estimate of drug-likeness (QED) is 0.782. The molecule has 0 N–H and O–H groups in total. The lowest BCUT2D eigenvalue weighted by Gasteiger charge is -2.29. The number of pyridine rings is 1. The van der Waals surface area contributed by atoms with Gasteiger partial charge in [-0.25, -0.2) is 4.98 Å². The third kappa shape index (κ3) is 1.99. The van der Waals surface area contributed by atoms with Crippen LogP contribution in [0.2, 0.25) is 0 Å². The van der Waals surface area contributed by atoms with Gasteiger partial charge in [-0.1, -0.05) is 19.9 Å². The first-order valence-electron chi connectivity index (χ1n) is 6.64. The zero-order valence-corrected chi connectivity index (χ0v) is 11.6. The van der Waals surface area contributed by atoms with Crippen LogP contribution in [-0.2, 0) is 6.42 Å². The van der Waals surface area contributed by atoms with Crippen molar-refractivity contribution in [3.63, 3.8) is 0 Å². The van der Waals surface area contributed by atoms with Crippen LogP contribution in [0.4, 0.5) is 0 Å². The third-order valence-corrected chi connectivity index (χ3v) is 3.75. The summed E-state index contributed by atoms with van der Waals surface area (Å²) < 4.78 is 2.12. The predicted molar refractivity (Wildman–Crippen MR) is 74.7 cm³/mol. The first-order chi connectivity index (χ1) is 8.98. The molecule has 0 fully saturated rings. The predicted octanol–water partition coefficient (Wildman–Crippen LogP) is 3.34. The molecule has 3 rings (SSSR count). The highest BCUT2D eigenvalue weighted by Crippen LogP contribution is 2.37. The van der Waals surface area contributed by atoms with Crippen LogP contribution in [0.3, 0.4) is 0 Å². The number of aryl methyl sites for hydroxylation is 1. The van der Waals surface area contributed by atoms with Gasteiger partial charge in [0.15, 0.2) is 5.78 Å². The molecule has 3 heteroatoms. The van der Waals surface area contributed by atoms with Crippen LogP contribution < -0.4 is 0 Å². The van der Waals surface area contributed by atoms with Crippen molar-refractivity contribution in [1.82, 2.24) is 9.55 Å². The second kappa shape index (κ2) is 4.05. The van der Waals surface area contributed by atoms with E-state index in [1.165, 1.54) is 0 Å². The van der Waals surface area contributed by atoms with Gasteiger partial charge >= 0.3 is 0 Å². The summed E-state index contributed by atoms with van der Waals surface area (Å²) in [6.45, 7) is 6.34. The molecule has 0 aliphatic heterocycles. The molecular formula is C16H18N2O. The highest BCUT2D eigenvalue weighted by atomic mass is 16.1. The second-order valence-corrected chi connectivity index (χ2v) is 6.11. The number of rotatable bonds is 1. The fraction of sp³-hybridized carbons (Fsp3) is 0.375. The van der Waals surface area contributed by atoms with E-state index in [1.807, 2.05) is 31.2 Å². The van der Waals surface area contributed by atoms with Gasteiger partial charge in [0.2, 0.25) is 0 Å². The molecule has 2 heterocycles. The molecule has 2 aromatic rings. The fourth-order valence-corrected chi connectivity index (χ4v) is 2.96. The van der Waals surface area contributed by atoms with Crippen molar-refractivity contribution >= 4 is 5.78 Å². The number of nitrogens with zero attached hydrogens (tertiary/aromatic N) is 2. The average molecular weight is 254 g/mol. The van der Waals surface area contributed by atoms with Crippen LogP contribution in [0.5, 0.6) is 0 Å². The average Bonchev–Trinajstić information content (AvgIpc) is 2.65. The molecule has 0 bridgehead atoms. The van der Waals surface area contributed by atoms with E-state index in [4.69, 9.17) is 0 Å². The molecule has 19 heavy (non-hydrogen) atoms. The summed E-state index contributed by atoms with van der Waals surface area (Å²) in [4.78, 5) is 16.7. The van der Waals surface area contributed by atoms with E-state index >= 15 is 0 Å². The number of carbonyl (C=O) groups is 1. The summed E-state index contributed by atoms with van der Waals surface area (Å²) in [5.74, 6) is 1.15. The number of aromatic nitrogens is 2. The number of fused-ring (bicyclic) bond motifs is 1. The van der Waals surface area contributed by atoms with Crippen molar-refractivity contribution in [2.45, 2.75) is 33.6 Å². The zero-order chi connectivity index (χ0) is 13.6. The monoisotopic (exact) mass is 254 g/mol. The normalized spacial score (nSPS) is 17.3. The van der Waals surface area contributed by atoms with Gasteiger partial charge in [-0.15, -0.1) is 0 Å². The molecule has 0 aromatic carbocycles. The maximum atomic E-state index is 12.3. The largest absolute Gasteiger partial charge is 0.302 e. The van der Waals surface area contributed by atoms with Gasteiger partial charge in [-0.3, -0.25) is 4.79 Å². The first-order valence-corrected chi connectivity index (χ1v) is 6.64. The number of hydrogen-bond acceptors (Lipinski definition) is 2. The number of carbonyl (C=O) groups excluding carboxylic acids is 1. The molecular weight excluding hydrogens is 236 g/mol. The molecule has 0 spiro atoms. The van der Waals surface area contributed by atoms with E-state index in [1.54, 1.807) is 6.20 Å². The van der Waals surface area contributed by atoms with E-state index < -0.39 is 0 Å². The smallest absolute Gasteiger partial charge is 0.165 e. The van der Waals surface area contributed by atoms with Crippen molar-refractivity contribution in [2.75, 3.05) is 0 Å². The summed E-state index contributed by atoms with van der Waals surface area (Å²) in [6, 6.07) is 7.87. The summed E-state index contributed by atoms with van der Waals surface area (Å²) >= 11 is 0. The van der Waals surface area contributed by atoms with Crippen molar-refractivity contribution < 1.29 is 4.79 Å². The Morgan fingerprint density at radius 3 is 2.74 bits per heavy atom. The van der Waals surface area contributed by atoms with E-state index in [0.29, 0.717) is 6.42 Å². The van der Waals surface area contributed by atoms with Crippen LogP contribution in [-0.4, -0.2) is 15.3 Å². The topological polar surface area (TPSA) is 34.9 Å². The minimum absolute atomic E-state index is 0.0292. The van der Waals surface area contributed by atoms with Gasteiger partial charge in [0, 0.05) is 29.6 Å². The Morgan fingerprint density at radius 1 is 1.26 bits per heavy atom. The molecule has 0 unspecified atom stereocenters. The minimum Gasteiger partial charge on any atom is -0.302 e. The Balaban J connectivity index is 2.21. The maximum Gasteiger partial charge on any atom is 0.165 e. The highest BCUT2D eigenvalue weighted by Gasteiger charge is 2.34. The molecule has 0 saturated carbocycles. The van der Waals surface area contributed by atoms with Gasteiger partial charge in [-0.05, 0) is 37.0 Å². The summed E-state index contributed by atoms with van der Waals surface area (Å²) in [7, 11) is 0. The van der Waals surface area contributed by atoms with Crippen molar-refractivity contribution in [2.24, 2.45) is 5.41 Å². The Hall–Kier alpha value is -1.90. The minimum atomic E-state index is 0.0292. The van der Waals surface area contributed by atoms with E-state index in [0.717, 1.165) is 29.2 Å². The van der Waals surface area contributed by atoms with Crippen LogP contribution in [0.15, 0.2) is 30.5 Å². The number of ketones is 1. The van der Waals surface area contributed by atoms with Crippen LogP contribution in [0, 0.1) is 12.3 Å². The standard InChI is InChI=1S/C16H18N2O/c1-11-8-12-13(9-16(2,3)10-14(12)19)18(11)15-6-4-5-7-17-15/h4-8H,9-10H2,1-3H3. The van der Waals surface area contributed by atoms with Gasteiger partial charge in [0.1, 0.15) is 5.82 Å². The van der Waals surface area contributed by atoms with Crippen LogP contribution >= 0.6 is 0 Å². The summed E-state index contributed by atoms with van der Waals surface area (Å²) in [6.07, 6.45) is 3.33. The van der Waals surface area contributed by atoms with Gasteiger partial charge < -0.3 is 4.57 Å². The molecule has 0 atom stereocenters. The second-order valence-electron chi connectivity index (χ2n) is 6.11. The lowest BCUT2D eigenvalue weighted by atomic mass is 9.76. The molecule has 1 aliphatic rings. The lowest BCUT2D eigenvalue weighted by Crippen LogP contribution is -2.27. The Morgan fingerprint density at radius 2 is 2.05 bits per heavy atom. The SMILES string of the molecule is Cc1cc2c(n1-c1ccccn1)CC(C)(C)CC2=O. The molecule has 1 aliphatic carbocycles. The van der Waals surface area contributed by atoms with Crippen molar-refractivity contribution in [1.29, 1.82) is 0 Å². The molecule has 3 nitrogen and oxygen atoms in total. The van der Waals surface area contributed by atoms with Crippen LogP contribution in [0.1, 0.15) is 42.0 Å². The Kier molecular flexibility index (Phi) is 2.59. The molecule has 0 saturated heterocycles. The Labute approximate surface area is 113 Å². The molecule has 2 aromatic heterocycles. The molecule has 98 valence electrons. The molecule has 0 amide bonds. The van der Waals surface area contributed by atoms with Gasteiger partial charge in [-0.2, -0.15) is 0 Å².